The monoisotopic (exact) mass is 657 g/mol. The molecule has 11 heteroatoms. The molecule has 0 aromatic heterocycles. The maximum atomic E-state index is 13.4. The van der Waals surface area contributed by atoms with E-state index in [1.54, 1.807) is 32.0 Å². The highest BCUT2D eigenvalue weighted by Crippen LogP contribution is 2.42. The Hall–Kier alpha value is -3.08. The largest absolute Gasteiger partial charge is 0.487 e. The van der Waals surface area contributed by atoms with Crippen molar-refractivity contribution in [2.24, 2.45) is 17.6 Å². The first-order chi connectivity index (χ1) is 21.6. The van der Waals surface area contributed by atoms with Crippen LogP contribution in [0.1, 0.15) is 80.3 Å². The number of nitrogens with two attached hydrogens (primary N) is 1. The van der Waals surface area contributed by atoms with Gasteiger partial charge in [0, 0.05) is 23.7 Å². The Bertz CT molecular complexity index is 1530. The van der Waals surface area contributed by atoms with Crippen molar-refractivity contribution in [3.8, 4) is 5.75 Å². The Labute approximate surface area is 271 Å². The van der Waals surface area contributed by atoms with E-state index in [2.05, 4.69) is 9.62 Å². The number of rotatable bonds is 4. The number of carbonyl (C=O) groups is 2. The van der Waals surface area contributed by atoms with Crippen LogP contribution in [0.15, 0.2) is 48.6 Å². The highest BCUT2D eigenvalue weighted by molar-refractivity contribution is 7.90. The third-order valence-corrected chi connectivity index (χ3v) is 11.6. The summed E-state index contributed by atoms with van der Waals surface area (Å²) in [6, 6.07) is 11.0. The normalized spacial score (nSPS) is 26.8. The number of ether oxygens (including phenoxy) is 2. The van der Waals surface area contributed by atoms with Crippen LogP contribution in [0.4, 0.5) is 5.69 Å². The van der Waals surface area contributed by atoms with Gasteiger partial charge in [-0.05, 0) is 112 Å². The predicted molar refractivity (Wildman–Crippen MR) is 176 cm³/mol. The summed E-state index contributed by atoms with van der Waals surface area (Å²) < 4.78 is 41.6. The van der Waals surface area contributed by atoms with Gasteiger partial charge in [0.2, 0.25) is 15.9 Å². The summed E-state index contributed by atoms with van der Waals surface area (Å²) in [6.07, 6.45) is 8.64. The van der Waals surface area contributed by atoms with Gasteiger partial charge in [0.15, 0.2) is 0 Å². The third kappa shape index (κ3) is 8.02. The van der Waals surface area contributed by atoms with Crippen molar-refractivity contribution < 1.29 is 27.5 Å². The van der Waals surface area contributed by atoms with Gasteiger partial charge >= 0.3 is 0 Å². The average molecular weight is 658 g/mol. The van der Waals surface area contributed by atoms with E-state index in [9.17, 15) is 18.0 Å². The van der Waals surface area contributed by atoms with Gasteiger partial charge in [-0.2, -0.15) is 0 Å². The molecule has 3 N–H and O–H groups in total. The first-order valence-electron chi connectivity index (χ1n) is 16.0. The van der Waals surface area contributed by atoms with Gasteiger partial charge in [-0.1, -0.05) is 36.7 Å². The molecule has 244 valence electrons. The van der Waals surface area contributed by atoms with Gasteiger partial charge in [-0.25, -0.2) is 13.1 Å². The molecular formula is C34H44ClN3O6S. The number of anilines is 1. The van der Waals surface area contributed by atoms with Crippen molar-refractivity contribution in [1.82, 2.24) is 4.72 Å². The number of hydrogen-bond donors (Lipinski definition) is 2. The Morgan fingerprint density at radius 3 is 2.71 bits per heavy atom. The van der Waals surface area contributed by atoms with Gasteiger partial charge in [0.25, 0.3) is 5.91 Å². The number of nitrogens with one attached hydrogen (secondary N) is 1. The highest BCUT2D eigenvalue weighted by atomic mass is 35.5. The lowest BCUT2D eigenvalue weighted by molar-refractivity contribution is -0.134. The van der Waals surface area contributed by atoms with Gasteiger partial charge < -0.3 is 20.1 Å². The van der Waals surface area contributed by atoms with E-state index in [0.717, 1.165) is 55.5 Å². The molecule has 2 aromatic rings. The molecule has 5 rings (SSSR count). The number of halogens is 1. The molecule has 2 heterocycles. The predicted octanol–water partition coefficient (Wildman–Crippen LogP) is 5.54. The van der Waals surface area contributed by atoms with Crippen LogP contribution in [0.25, 0.3) is 0 Å². The minimum absolute atomic E-state index is 0.155. The van der Waals surface area contributed by atoms with Crippen LogP contribution >= 0.6 is 11.6 Å². The van der Waals surface area contributed by atoms with Crippen molar-refractivity contribution in [2.75, 3.05) is 18.0 Å². The molecule has 1 saturated carbocycles. The highest BCUT2D eigenvalue weighted by Gasteiger charge is 2.39. The maximum absolute atomic E-state index is 13.4. The summed E-state index contributed by atoms with van der Waals surface area (Å²) in [5, 5.41) is -0.0499. The lowest BCUT2D eigenvalue weighted by Crippen LogP contribution is -2.46. The Kier molecular flexibility index (Phi) is 10.8. The van der Waals surface area contributed by atoms with Crippen molar-refractivity contribution >= 4 is 39.1 Å². The van der Waals surface area contributed by atoms with Gasteiger partial charge in [0.05, 0.1) is 17.0 Å². The molecule has 1 aliphatic carbocycles. The molecule has 3 aliphatic rings. The summed E-state index contributed by atoms with van der Waals surface area (Å²) in [6.45, 7) is 5.22. The van der Waals surface area contributed by atoms with Crippen molar-refractivity contribution in [3.05, 3.63) is 70.3 Å². The second-order valence-corrected chi connectivity index (χ2v) is 14.8. The van der Waals surface area contributed by atoms with E-state index in [0.29, 0.717) is 43.2 Å². The van der Waals surface area contributed by atoms with Crippen LogP contribution in [-0.4, -0.2) is 50.8 Å². The van der Waals surface area contributed by atoms with E-state index in [4.69, 9.17) is 26.8 Å². The first-order valence-corrected chi connectivity index (χ1v) is 17.9. The van der Waals surface area contributed by atoms with Crippen LogP contribution in [0.2, 0.25) is 5.02 Å². The number of benzene rings is 2. The molecule has 2 aromatic carbocycles. The van der Waals surface area contributed by atoms with E-state index in [1.807, 2.05) is 30.4 Å². The lowest BCUT2D eigenvalue weighted by Gasteiger charge is -2.44. The molecule has 2 bridgehead atoms. The van der Waals surface area contributed by atoms with Crippen LogP contribution in [0.3, 0.4) is 0 Å². The molecule has 0 unspecified atom stereocenters. The molecule has 45 heavy (non-hydrogen) atoms. The Morgan fingerprint density at radius 2 is 1.98 bits per heavy atom. The maximum Gasteiger partial charge on any atom is 0.264 e. The SMILES string of the molecule is CC[C@@H]1CC/C=C/[C@H](O[C@@H](C)C(N)=O)[C@@H]2CC[C@H]2CN2CCCCc3cc(Cl)ccc3COc3ccc(cc32)C(=O)NS1(=O)=O. The summed E-state index contributed by atoms with van der Waals surface area (Å²) in [5.74, 6) is -0.128. The second-order valence-electron chi connectivity index (χ2n) is 12.4. The number of nitrogens with zero attached hydrogens (tertiary/aromatic N) is 1. The van der Waals surface area contributed by atoms with E-state index >= 15 is 0 Å². The third-order valence-electron chi connectivity index (χ3n) is 9.46. The molecule has 2 amide bonds. The summed E-state index contributed by atoms with van der Waals surface area (Å²) >= 11 is 6.33. The molecule has 0 spiro atoms. The van der Waals surface area contributed by atoms with Crippen LogP contribution in [-0.2, 0) is 32.6 Å². The molecule has 0 saturated heterocycles. The van der Waals surface area contributed by atoms with Crippen LogP contribution in [0, 0.1) is 11.8 Å². The van der Waals surface area contributed by atoms with Crippen molar-refractivity contribution in [1.29, 1.82) is 0 Å². The zero-order valence-corrected chi connectivity index (χ0v) is 27.6. The summed E-state index contributed by atoms with van der Waals surface area (Å²) in [7, 11) is -3.93. The van der Waals surface area contributed by atoms with Crippen molar-refractivity contribution in [3.63, 3.8) is 0 Å². The Morgan fingerprint density at radius 1 is 1.16 bits per heavy atom. The van der Waals surface area contributed by atoms with E-state index in [1.165, 1.54) is 0 Å². The number of fused-ring (bicyclic) bond motifs is 3. The molecule has 9 nitrogen and oxygen atoms in total. The molecule has 5 atom stereocenters. The fraction of sp³-hybridized carbons (Fsp3) is 0.529. The van der Waals surface area contributed by atoms with Crippen LogP contribution in [0.5, 0.6) is 5.75 Å². The quantitative estimate of drug-likeness (QED) is 0.414. The summed E-state index contributed by atoms with van der Waals surface area (Å²) in [5.41, 5.74) is 8.79. The minimum atomic E-state index is -3.93. The number of carbonyl (C=O) groups excluding carboxylic acids is 2. The fourth-order valence-corrected chi connectivity index (χ4v) is 8.19. The summed E-state index contributed by atoms with van der Waals surface area (Å²) in [4.78, 5) is 27.6. The Balaban J connectivity index is 1.54. The smallest absolute Gasteiger partial charge is 0.264 e. The van der Waals surface area contributed by atoms with Gasteiger partial charge in [-0.15, -0.1) is 0 Å². The van der Waals surface area contributed by atoms with Crippen LogP contribution < -0.4 is 20.1 Å². The number of allylic oxidation sites excluding steroid dienone is 1. The average Bonchev–Trinajstić information content (AvgIpc) is 3.01. The zero-order chi connectivity index (χ0) is 32.1. The first kappa shape index (κ1) is 33.3. The molecule has 2 aliphatic heterocycles. The number of hydrogen-bond acceptors (Lipinski definition) is 7. The zero-order valence-electron chi connectivity index (χ0n) is 26.0. The number of primary amides is 1. The standard InChI is InChI=1S/C34H44ClN3O6S/c1-3-28-9-4-5-10-31(44-22(2)33(36)39)29-15-12-25(29)20-38-17-7-6-8-23-18-27(35)14-11-26(23)21-43-32-16-13-24(19-30(32)38)34(40)37-45(28,41)42/h5,10-11,13-14,16,18-19,22,25,28-29,31H,3-4,6-9,12,15,17,20-21H2,1-2H3,(H2,36,39)(H,37,40)/b10-5+/t22-,25-,28+,29+,31-/m0/s1. The minimum Gasteiger partial charge on any atom is -0.487 e. The number of amides is 2. The van der Waals surface area contributed by atoms with Crippen molar-refractivity contribution in [2.45, 2.75) is 89.3 Å². The molecule has 1 fully saturated rings. The number of sulfonamides is 1. The lowest BCUT2D eigenvalue weighted by atomic mass is 9.70. The molecular weight excluding hydrogens is 614 g/mol. The fourth-order valence-electron chi connectivity index (χ4n) is 6.57. The van der Waals surface area contributed by atoms with Gasteiger partial charge in [0.1, 0.15) is 18.5 Å². The molecule has 0 radical (unpaired) electrons. The van der Waals surface area contributed by atoms with E-state index < -0.39 is 33.2 Å². The second kappa shape index (κ2) is 14.6. The number of aryl methyl sites for hydroxylation is 1. The topological polar surface area (TPSA) is 128 Å². The van der Waals surface area contributed by atoms with E-state index in [-0.39, 0.29) is 23.5 Å². The van der Waals surface area contributed by atoms with Gasteiger partial charge in [-0.3, -0.25) is 9.59 Å².